The van der Waals surface area contributed by atoms with Crippen molar-refractivity contribution < 1.29 is 9.53 Å². The number of halogens is 1. The Balaban J connectivity index is 1.69. The van der Waals surface area contributed by atoms with Gasteiger partial charge >= 0.3 is 0 Å². The Labute approximate surface area is 184 Å². The summed E-state index contributed by atoms with van der Waals surface area (Å²) in [6.07, 6.45) is 1.58. The molecule has 1 saturated heterocycles. The second-order valence-electron chi connectivity index (χ2n) is 7.48. The van der Waals surface area contributed by atoms with Crippen molar-refractivity contribution >= 4 is 50.6 Å². The molecule has 30 heavy (non-hydrogen) atoms. The predicted octanol–water partition coefficient (Wildman–Crippen LogP) is 3.97. The highest BCUT2D eigenvalue weighted by Gasteiger charge is 2.24. The molecule has 3 heterocycles. The van der Waals surface area contributed by atoms with E-state index in [9.17, 15) is 4.79 Å². The van der Waals surface area contributed by atoms with Crippen molar-refractivity contribution in [2.24, 2.45) is 0 Å². The molecular weight excluding hydrogens is 422 g/mol. The summed E-state index contributed by atoms with van der Waals surface area (Å²) in [5.74, 6) is 1.23. The fourth-order valence-electron chi connectivity index (χ4n) is 3.64. The number of nitrogens with zero attached hydrogens (tertiary/aromatic N) is 4. The molecule has 4 rings (SSSR count). The molecule has 0 saturated carbocycles. The first-order chi connectivity index (χ1) is 14.4. The topological polar surface area (TPSA) is 70.6 Å². The second kappa shape index (κ2) is 8.37. The lowest BCUT2D eigenvalue weighted by Gasteiger charge is -2.33. The fraction of sp³-hybridized carbons (Fsp3) is 0.381. The lowest BCUT2D eigenvalue weighted by atomic mass is 10.1. The van der Waals surface area contributed by atoms with E-state index in [0.717, 1.165) is 53.3 Å². The van der Waals surface area contributed by atoms with E-state index in [1.807, 2.05) is 19.9 Å². The van der Waals surface area contributed by atoms with Crippen LogP contribution in [0, 0.1) is 13.8 Å². The van der Waals surface area contributed by atoms with Crippen LogP contribution in [0.3, 0.4) is 0 Å². The van der Waals surface area contributed by atoms with Gasteiger partial charge in [0.25, 0.3) is 5.91 Å². The number of likely N-dealkylation sites (N-methyl/N-ethyl adjacent to an activating group) is 1. The van der Waals surface area contributed by atoms with E-state index in [4.69, 9.17) is 16.3 Å². The van der Waals surface area contributed by atoms with E-state index in [-0.39, 0.29) is 5.91 Å². The number of methoxy groups -OCH3 is 1. The van der Waals surface area contributed by atoms with Crippen molar-refractivity contribution in [1.29, 1.82) is 0 Å². The first kappa shape index (κ1) is 20.8. The Hall–Kier alpha value is -2.42. The van der Waals surface area contributed by atoms with E-state index >= 15 is 0 Å². The number of ether oxygens (including phenoxy) is 1. The number of hydrogen-bond acceptors (Lipinski definition) is 7. The summed E-state index contributed by atoms with van der Waals surface area (Å²) in [6.45, 7) is 7.62. The standard InChI is InChI=1S/C21H24ClN5O2S/c1-12-9-15(16(29-4)10-14(12)22)25-20(28)18-13(2)17-19(23-11-24-21(17)30-18)27-7-5-26(3)6-8-27/h9-11H,5-8H2,1-4H3,(H,25,28). The van der Waals surface area contributed by atoms with Gasteiger partial charge < -0.3 is 19.9 Å². The lowest BCUT2D eigenvalue weighted by molar-refractivity contribution is 0.102. The molecule has 0 spiro atoms. The van der Waals surface area contributed by atoms with Crippen LogP contribution in [-0.2, 0) is 0 Å². The number of carbonyl (C=O) groups is 1. The van der Waals surface area contributed by atoms with E-state index in [1.165, 1.54) is 11.3 Å². The molecule has 1 N–H and O–H groups in total. The number of aromatic nitrogens is 2. The largest absolute Gasteiger partial charge is 0.495 e. The van der Waals surface area contributed by atoms with Gasteiger partial charge in [-0.25, -0.2) is 9.97 Å². The van der Waals surface area contributed by atoms with Crippen molar-refractivity contribution in [1.82, 2.24) is 14.9 Å². The highest BCUT2D eigenvalue weighted by Crippen LogP contribution is 2.37. The van der Waals surface area contributed by atoms with Crippen molar-refractivity contribution in [2.75, 3.05) is 50.6 Å². The Morgan fingerprint density at radius 1 is 1.20 bits per heavy atom. The number of benzene rings is 1. The molecule has 1 aliphatic heterocycles. The van der Waals surface area contributed by atoms with E-state index in [0.29, 0.717) is 21.3 Å². The van der Waals surface area contributed by atoms with Crippen LogP contribution in [0.2, 0.25) is 5.02 Å². The average molecular weight is 446 g/mol. The maximum Gasteiger partial charge on any atom is 0.266 e. The summed E-state index contributed by atoms with van der Waals surface area (Å²) in [4.78, 5) is 28.1. The minimum atomic E-state index is -0.195. The Morgan fingerprint density at radius 2 is 1.93 bits per heavy atom. The van der Waals surface area contributed by atoms with Crippen molar-refractivity contribution in [3.8, 4) is 5.75 Å². The molecule has 9 heteroatoms. The number of thiophene rings is 1. The molecule has 1 fully saturated rings. The van der Waals surface area contributed by atoms with Gasteiger partial charge in [0.05, 0.1) is 23.1 Å². The van der Waals surface area contributed by atoms with Crippen LogP contribution in [-0.4, -0.2) is 61.1 Å². The number of anilines is 2. The number of piperazine rings is 1. The fourth-order valence-corrected chi connectivity index (χ4v) is 4.83. The number of amides is 1. The third-order valence-corrected chi connectivity index (χ3v) is 7.05. The molecule has 1 aliphatic rings. The average Bonchev–Trinajstić information content (AvgIpc) is 3.08. The van der Waals surface area contributed by atoms with Gasteiger partial charge in [0.15, 0.2) is 0 Å². The first-order valence-corrected chi connectivity index (χ1v) is 10.9. The molecule has 7 nitrogen and oxygen atoms in total. The maximum absolute atomic E-state index is 13.1. The minimum Gasteiger partial charge on any atom is -0.495 e. The highest BCUT2D eigenvalue weighted by atomic mass is 35.5. The van der Waals surface area contributed by atoms with Crippen molar-refractivity contribution in [2.45, 2.75) is 13.8 Å². The van der Waals surface area contributed by atoms with Crippen LogP contribution in [0.15, 0.2) is 18.5 Å². The third kappa shape index (κ3) is 3.82. The summed E-state index contributed by atoms with van der Waals surface area (Å²) < 4.78 is 5.39. The van der Waals surface area contributed by atoms with Gasteiger partial charge in [-0.2, -0.15) is 0 Å². The van der Waals surface area contributed by atoms with Crippen LogP contribution in [0.4, 0.5) is 11.5 Å². The number of fused-ring (bicyclic) bond motifs is 1. The summed E-state index contributed by atoms with van der Waals surface area (Å²) in [7, 11) is 3.68. The summed E-state index contributed by atoms with van der Waals surface area (Å²) in [5, 5.41) is 4.52. The molecule has 0 atom stereocenters. The van der Waals surface area contributed by atoms with Gasteiger partial charge in [-0.15, -0.1) is 11.3 Å². The molecule has 0 radical (unpaired) electrons. The van der Waals surface area contributed by atoms with Crippen LogP contribution in [0.5, 0.6) is 5.75 Å². The number of carbonyl (C=O) groups excluding carboxylic acids is 1. The van der Waals surface area contributed by atoms with E-state index in [1.54, 1.807) is 19.5 Å². The quantitative estimate of drug-likeness (QED) is 0.655. The highest BCUT2D eigenvalue weighted by molar-refractivity contribution is 7.20. The molecule has 0 unspecified atom stereocenters. The van der Waals surface area contributed by atoms with E-state index in [2.05, 4.69) is 32.1 Å². The van der Waals surface area contributed by atoms with Crippen LogP contribution in [0.1, 0.15) is 20.8 Å². The van der Waals surface area contributed by atoms with Gasteiger partial charge in [-0.3, -0.25) is 4.79 Å². The summed E-state index contributed by atoms with van der Waals surface area (Å²) in [6, 6.07) is 3.53. The minimum absolute atomic E-state index is 0.195. The third-order valence-electron chi connectivity index (χ3n) is 5.44. The second-order valence-corrected chi connectivity index (χ2v) is 8.89. The monoisotopic (exact) mass is 445 g/mol. The number of aryl methyl sites for hydroxylation is 2. The zero-order chi connectivity index (χ0) is 21.4. The molecule has 3 aromatic rings. The van der Waals surface area contributed by atoms with Gasteiger partial charge in [-0.1, -0.05) is 11.6 Å². The Kier molecular flexibility index (Phi) is 5.81. The molecule has 0 aliphatic carbocycles. The zero-order valence-electron chi connectivity index (χ0n) is 17.5. The van der Waals surface area contributed by atoms with Gasteiger partial charge in [0.2, 0.25) is 0 Å². The van der Waals surface area contributed by atoms with Crippen LogP contribution in [0.25, 0.3) is 10.2 Å². The van der Waals surface area contributed by atoms with Gasteiger partial charge in [-0.05, 0) is 38.1 Å². The van der Waals surface area contributed by atoms with E-state index < -0.39 is 0 Å². The SMILES string of the molecule is COc1cc(Cl)c(C)cc1NC(=O)c1sc2ncnc(N3CCN(C)CC3)c2c1C. The van der Waals surface area contributed by atoms with Gasteiger partial charge in [0.1, 0.15) is 22.7 Å². The molecule has 0 bridgehead atoms. The summed E-state index contributed by atoms with van der Waals surface area (Å²) >= 11 is 7.57. The maximum atomic E-state index is 13.1. The lowest BCUT2D eigenvalue weighted by Crippen LogP contribution is -2.44. The number of hydrogen-bond donors (Lipinski definition) is 1. The van der Waals surface area contributed by atoms with Gasteiger partial charge in [0, 0.05) is 37.3 Å². The van der Waals surface area contributed by atoms with Crippen molar-refractivity contribution in [3.63, 3.8) is 0 Å². The molecule has 158 valence electrons. The number of nitrogens with one attached hydrogen (secondary N) is 1. The van der Waals surface area contributed by atoms with Crippen LogP contribution >= 0.6 is 22.9 Å². The molecule has 1 amide bonds. The number of rotatable bonds is 4. The molecule has 2 aromatic heterocycles. The smallest absolute Gasteiger partial charge is 0.266 e. The molecule has 1 aromatic carbocycles. The Morgan fingerprint density at radius 3 is 2.63 bits per heavy atom. The summed E-state index contributed by atoms with van der Waals surface area (Å²) in [5.41, 5.74) is 2.35. The Bertz CT molecular complexity index is 1110. The first-order valence-electron chi connectivity index (χ1n) is 9.72. The normalized spacial score (nSPS) is 14.9. The van der Waals surface area contributed by atoms with Crippen molar-refractivity contribution in [3.05, 3.63) is 39.5 Å². The van der Waals surface area contributed by atoms with Crippen LogP contribution < -0.4 is 15.0 Å². The predicted molar refractivity (Wildman–Crippen MR) is 123 cm³/mol. The zero-order valence-corrected chi connectivity index (χ0v) is 19.0. The molecular formula is C21H24ClN5O2S.